The summed E-state index contributed by atoms with van der Waals surface area (Å²) in [5.41, 5.74) is 10.6. The lowest BCUT2D eigenvalue weighted by molar-refractivity contribution is 0.0685. The van der Waals surface area contributed by atoms with Crippen molar-refractivity contribution in [3.8, 4) is 44.5 Å². The summed E-state index contributed by atoms with van der Waals surface area (Å²) >= 11 is 0. The molecule has 8 rings (SSSR count). The molecule has 0 aromatic heterocycles. The van der Waals surface area contributed by atoms with E-state index in [2.05, 4.69) is 36.4 Å². The highest BCUT2D eigenvalue weighted by molar-refractivity contribution is 6.32. The van der Waals surface area contributed by atoms with E-state index in [9.17, 15) is 39.6 Å². The van der Waals surface area contributed by atoms with E-state index in [1.807, 2.05) is 76.2 Å². The number of aryl methyl sites for hydroxylation is 4. The lowest BCUT2D eigenvalue weighted by Crippen LogP contribution is -2.03. The smallest absolute Gasteiger partial charge is 0.335 e. The summed E-state index contributed by atoms with van der Waals surface area (Å²) in [7, 11) is 0. The Labute approximate surface area is 346 Å². The van der Waals surface area contributed by atoms with Crippen molar-refractivity contribution in [1.82, 2.24) is 0 Å². The highest BCUT2D eigenvalue weighted by atomic mass is 16.4. The second-order valence-electron chi connectivity index (χ2n) is 15.1. The van der Waals surface area contributed by atoms with Crippen molar-refractivity contribution in [2.24, 2.45) is 0 Å². The SMILES string of the molecule is CCc1cc(-c2cc(-c3ccc(C(=O)O)c(CC)c3)c3ccc4c(-c5ccc(C(=O)O)c(CC)c5)cc(-c5ccc(C(=O)O)c(CC)c5)c5ccc2c3c54)ccc1C(=O)O. The van der Waals surface area contributed by atoms with Crippen LogP contribution in [-0.4, -0.2) is 44.3 Å². The van der Waals surface area contributed by atoms with Gasteiger partial charge >= 0.3 is 23.9 Å². The van der Waals surface area contributed by atoms with Crippen molar-refractivity contribution in [1.29, 1.82) is 0 Å². The Morgan fingerprint density at radius 2 is 0.550 bits per heavy atom. The summed E-state index contributed by atoms with van der Waals surface area (Å²) in [6.07, 6.45) is 2.05. The molecule has 8 aromatic carbocycles. The summed E-state index contributed by atoms with van der Waals surface area (Å²) in [5, 5.41) is 45.7. The number of hydrogen-bond acceptors (Lipinski definition) is 4. The molecule has 298 valence electrons. The standard InChI is InChI=1S/C52H42O8/c1-5-27-21-31(9-13-35(27)49(53)54)43-25-44(32-10-14-36(50(55)56)28(6-2)22-32)40-19-20-42-46(34-12-16-38(52(59)60)30(8-4)24-34)26-45(41-18-17-39(43)47(40)48(41)42)33-11-15-37(51(57)58)29(7-3)23-33/h9-26H,5-8H2,1-4H3,(H,53,54)(H,55,56)(H,57,58)(H,59,60). The molecule has 0 amide bonds. The van der Waals surface area contributed by atoms with Crippen LogP contribution in [0.5, 0.6) is 0 Å². The molecular formula is C52H42O8. The normalized spacial score (nSPS) is 11.5. The van der Waals surface area contributed by atoms with Gasteiger partial charge in [0, 0.05) is 0 Å². The van der Waals surface area contributed by atoms with Crippen LogP contribution in [0, 0.1) is 0 Å². The predicted molar refractivity (Wildman–Crippen MR) is 237 cm³/mol. The summed E-state index contributed by atoms with van der Waals surface area (Å²) in [6.45, 7) is 7.72. The molecule has 60 heavy (non-hydrogen) atoms. The summed E-state index contributed by atoms with van der Waals surface area (Å²) < 4.78 is 0. The van der Waals surface area contributed by atoms with Crippen molar-refractivity contribution >= 4 is 56.2 Å². The van der Waals surface area contributed by atoms with E-state index >= 15 is 0 Å². The number of carboxylic acids is 4. The van der Waals surface area contributed by atoms with Crippen molar-refractivity contribution in [3.05, 3.63) is 154 Å². The van der Waals surface area contributed by atoms with E-state index in [0.29, 0.717) is 47.9 Å². The zero-order valence-corrected chi connectivity index (χ0v) is 33.6. The van der Waals surface area contributed by atoms with Gasteiger partial charge in [-0.2, -0.15) is 0 Å². The summed E-state index contributed by atoms with van der Waals surface area (Å²) in [6, 6.07) is 34.3. The van der Waals surface area contributed by atoms with Crippen LogP contribution in [0.2, 0.25) is 0 Å². The topological polar surface area (TPSA) is 149 Å². The molecule has 0 aliphatic heterocycles. The quantitative estimate of drug-likeness (QED) is 0.0893. The fraction of sp³-hybridized carbons (Fsp3) is 0.154. The van der Waals surface area contributed by atoms with E-state index in [4.69, 9.17) is 0 Å². The van der Waals surface area contributed by atoms with Gasteiger partial charge in [0.1, 0.15) is 0 Å². The molecule has 0 saturated carbocycles. The number of hydrogen-bond donors (Lipinski definition) is 4. The fourth-order valence-corrected chi connectivity index (χ4v) is 9.00. The van der Waals surface area contributed by atoms with Gasteiger partial charge in [-0.15, -0.1) is 0 Å². The Kier molecular flexibility index (Phi) is 10.2. The van der Waals surface area contributed by atoms with Crippen LogP contribution in [0.15, 0.2) is 109 Å². The first-order valence-electron chi connectivity index (χ1n) is 20.1. The molecule has 0 unspecified atom stereocenters. The molecule has 0 aliphatic carbocycles. The molecule has 0 saturated heterocycles. The Balaban J connectivity index is 1.55. The maximum absolute atomic E-state index is 12.2. The monoisotopic (exact) mass is 794 g/mol. The molecule has 0 aliphatic rings. The number of benzene rings is 8. The number of rotatable bonds is 12. The first-order valence-corrected chi connectivity index (χ1v) is 20.1. The summed E-state index contributed by atoms with van der Waals surface area (Å²) in [5.74, 6) is -3.98. The van der Waals surface area contributed by atoms with Crippen molar-refractivity contribution in [2.45, 2.75) is 53.4 Å². The predicted octanol–water partition coefficient (Wildman–Crippen LogP) is 12.3. The molecule has 0 fully saturated rings. The van der Waals surface area contributed by atoms with Gasteiger partial charge in [0.2, 0.25) is 0 Å². The fourth-order valence-electron chi connectivity index (χ4n) is 9.00. The minimum Gasteiger partial charge on any atom is -0.478 e. The van der Waals surface area contributed by atoms with Crippen LogP contribution in [0.3, 0.4) is 0 Å². The van der Waals surface area contributed by atoms with E-state index in [1.165, 1.54) is 0 Å². The third-order valence-electron chi connectivity index (χ3n) is 12.0. The van der Waals surface area contributed by atoms with Crippen molar-refractivity contribution in [2.75, 3.05) is 0 Å². The first-order chi connectivity index (χ1) is 28.9. The minimum absolute atomic E-state index is 0.242. The maximum Gasteiger partial charge on any atom is 0.335 e. The van der Waals surface area contributed by atoms with Gasteiger partial charge < -0.3 is 20.4 Å². The van der Waals surface area contributed by atoms with E-state index in [1.54, 1.807) is 24.3 Å². The Morgan fingerprint density at radius 3 is 0.733 bits per heavy atom. The van der Waals surface area contributed by atoms with Gasteiger partial charge in [-0.25, -0.2) is 19.2 Å². The Bertz CT molecular complexity index is 2690. The van der Waals surface area contributed by atoms with Crippen LogP contribution in [0.4, 0.5) is 0 Å². The zero-order valence-electron chi connectivity index (χ0n) is 33.6. The zero-order chi connectivity index (χ0) is 42.6. The van der Waals surface area contributed by atoms with Crippen LogP contribution in [-0.2, 0) is 25.7 Å². The molecule has 8 aromatic rings. The highest BCUT2D eigenvalue weighted by Crippen LogP contribution is 2.49. The molecular weight excluding hydrogens is 753 g/mol. The Morgan fingerprint density at radius 1 is 0.333 bits per heavy atom. The average molecular weight is 795 g/mol. The molecule has 8 heteroatoms. The molecule has 8 nitrogen and oxygen atoms in total. The van der Waals surface area contributed by atoms with Crippen LogP contribution in [0.25, 0.3) is 76.8 Å². The average Bonchev–Trinajstić information content (AvgIpc) is 3.26. The highest BCUT2D eigenvalue weighted by Gasteiger charge is 2.24. The number of aromatic carboxylic acids is 4. The van der Waals surface area contributed by atoms with Crippen LogP contribution in [0.1, 0.15) is 91.4 Å². The van der Waals surface area contributed by atoms with Gasteiger partial charge in [0.15, 0.2) is 0 Å². The van der Waals surface area contributed by atoms with Gasteiger partial charge in [-0.05, 0) is 161 Å². The number of carbonyl (C=O) groups is 4. The second kappa shape index (κ2) is 15.5. The second-order valence-corrected chi connectivity index (χ2v) is 15.1. The molecule has 0 heterocycles. The van der Waals surface area contributed by atoms with E-state index in [0.717, 1.165) is 76.8 Å². The Hall–Kier alpha value is -7.32. The lowest BCUT2D eigenvalue weighted by atomic mass is 9.81. The van der Waals surface area contributed by atoms with Gasteiger partial charge in [-0.3, -0.25) is 0 Å². The van der Waals surface area contributed by atoms with Crippen LogP contribution < -0.4 is 0 Å². The maximum atomic E-state index is 12.2. The molecule has 0 bridgehead atoms. The molecule has 0 atom stereocenters. The third kappa shape index (κ3) is 6.50. The molecule has 0 radical (unpaired) electrons. The largest absolute Gasteiger partial charge is 0.478 e. The van der Waals surface area contributed by atoms with Crippen molar-refractivity contribution in [3.63, 3.8) is 0 Å². The lowest BCUT2D eigenvalue weighted by Gasteiger charge is -2.22. The van der Waals surface area contributed by atoms with Gasteiger partial charge in [0.25, 0.3) is 0 Å². The van der Waals surface area contributed by atoms with E-state index in [-0.39, 0.29) is 22.3 Å². The van der Waals surface area contributed by atoms with Crippen LogP contribution >= 0.6 is 0 Å². The minimum atomic E-state index is -0.995. The van der Waals surface area contributed by atoms with E-state index < -0.39 is 23.9 Å². The van der Waals surface area contributed by atoms with Gasteiger partial charge in [0.05, 0.1) is 22.3 Å². The molecule has 0 spiro atoms. The van der Waals surface area contributed by atoms with Gasteiger partial charge in [-0.1, -0.05) is 100 Å². The third-order valence-corrected chi connectivity index (χ3v) is 12.0. The first kappa shape index (κ1) is 39.5. The summed E-state index contributed by atoms with van der Waals surface area (Å²) in [4.78, 5) is 48.9. The van der Waals surface area contributed by atoms with Crippen molar-refractivity contribution < 1.29 is 39.6 Å². The number of carboxylic acid groups (broad SMARTS) is 4. The molecule has 4 N–H and O–H groups in total.